The Morgan fingerprint density at radius 2 is 0.903 bits per heavy atom. The monoisotopic (exact) mass is 395 g/mol. The van der Waals surface area contributed by atoms with Crippen LogP contribution in [0.3, 0.4) is 0 Å². The van der Waals surface area contributed by atoms with Crippen molar-refractivity contribution in [3.63, 3.8) is 0 Å². The summed E-state index contributed by atoms with van der Waals surface area (Å²) >= 11 is 0. The van der Waals surface area contributed by atoms with Crippen LogP contribution in [0.5, 0.6) is 0 Å². The van der Waals surface area contributed by atoms with Crippen molar-refractivity contribution in [3.05, 3.63) is 121 Å². The summed E-state index contributed by atoms with van der Waals surface area (Å²) in [5.74, 6) is 0. The zero-order chi connectivity index (χ0) is 20.6. The number of aromatic amines is 1. The maximum atomic E-state index is 3.70. The van der Waals surface area contributed by atoms with Crippen molar-refractivity contribution in [2.45, 2.75) is 0 Å². The van der Waals surface area contributed by atoms with Gasteiger partial charge in [-0.2, -0.15) is 0 Å². The highest BCUT2D eigenvalue weighted by Gasteiger charge is 2.17. The SMILES string of the molecule is c1ccc(-c2cccc(-c3ccccc3)c2-c2cccc3c2[nH]c2ccccc23)cc1. The van der Waals surface area contributed by atoms with E-state index in [-0.39, 0.29) is 0 Å². The third-order valence-electron chi connectivity index (χ3n) is 6.04. The summed E-state index contributed by atoms with van der Waals surface area (Å²) in [6, 6.07) is 43.2. The second-order valence-corrected chi connectivity index (χ2v) is 7.86. The summed E-state index contributed by atoms with van der Waals surface area (Å²) in [4.78, 5) is 3.70. The third kappa shape index (κ3) is 2.94. The number of hydrogen-bond acceptors (Lipinski definition) is 0. The first-order valence-electron chi connectivity index (χ1n) is 10.6. The summed E-state index contributed by atoms with van der Waals surface area (Å²) < 4.78 is 0. The van der Waals surface area contributed by atoms with Gasteiger partial charge in [-0.05, 0) is 33.9 Å². The maximum absolute atomic E-state index is 3.70. The molecule has 0 unspecified atom stereocenters. The Bertz CT molecular complexity index is 1450. The zero-order valence-corrected chi connectivity index (χ0v) is 17.0. The molecular formula is C30H21N. The van der Waals surface area contributed by atoms with Crippen molar-refractivity contribution in [2.24, 2.45) is 0 Å². The van der Waals surface area contributed by atoms with E-state index in [1.165, 1.54) is 55.2 Å². The van der Waals surface area contributed by atoms with Crippen LogP contribution < -0.4 is 0 Å². The molecule has 0 radical (unpaired) electrons. The highest BCUT2D eigenvalue weighted by atomic mass is 14.7. The molecule has 5 aromatic carbocycles. The Hall–Kier alpha value is -4.10. The van der Waals surface area contributed by atoms with Crippen molar-refractivity contribution in [2.75, 3.05) is 0 Å². The van der Waals surface area contributed by atoms with Crippen molar-refractivity contribution in [1.82, 2.24) is 4.98 Å². The van der Waals surface area contributed by atoms with Crippen LogP contribution in [-0.2, 0) is 0 Å². The lowest BCUT2D eigenvalue weighted by molar-refractivity contribution is 1.52. The van der Waals surface area contributed by atoms with Gasteiger partial charge in [0.25, 0.3) is 0 Å². The molecule has 0 aliphatic carbocycles. The van der Waals surface area contributed by atoms with Gasteiger partial charge in [0.2, 0.25) is 0 Å². The van der Waals surface area contributed by atoms with Gasteiger partial charge in [-0.25, -0.2) is 0 Å². The lowest BCUT2D eigenvalue weighted by atomic mass is 9.87. The molecule has 0 aliphatic rings. The summed E-state index contributed by atoms with van der Waals surface area (Å²) in [5.41, 5.74) is 9.78. The van der Waals surface area contributed by atoms with E-state index in [0.717, 1.165) is 0 Å². The Labute approximate surface area is 181 Å². The first kappa shape index (κ1) is 17.7. The molecule has 0 aliphatic heterocycles. The average Bonchev–Trinajstić information content (AvgIpc) is 3.24. The van der Waals surface area contributed by atoms with Crippen LogP contribution in [0.25, 0.3) is 55.2 Å². The van der Waals surface area contributed by atoms with Crippen LogP contribution >= 0.6 is 0 Å². The Morgan fingerprint density at radius 3 is 1.58 bits per heavy atom. The van der Waals surface area contributed by atoms with Crippen LogP contribution in [-0.4, -0.2) is 4.98 Å². The van der Waals surface area contributed by atoms with Gasteiger partial charge in [0, 0.05) is 21.9 Å². The fourth-order valence-corrected chi connectivity index (χ4v) is 4.64. The fourth-order valence-electron chi connectivity index (χ4n) is 4.64. The number of benzene rings is 5. The van der Waals surface area contributed by atoms with Gasteiger partial charge in [-0.15, -0.1) is 0 Å². The first-order chi connectivity index (χ1) is 15.4. The number of fused-ring (bicyclic) bond motifs is 3. The van der Waals surface area contributed by atoms with Crippen LogP contribution in [0, 0.1) is 0 Å². The molecule has 0 atom stereocenters. The van der Waals surface area contributed by atoms with Gasteiger partial charge < -0.3 is 4.98 Å². The molecule has 0 saturated heterocycles. The second-order valence-electron chi connectivity index (χ2n) is 7.86. The molecule has 0 fully saturated rings. The molecule has 6 aromatic rings. The number of H-pyrrole nitrogens is 1. The van der Waals surface area contributed by atoms with E-state index in [1.54, 1.807) is 0 Å². The van der Waals surface area contributed by atoms with Gasteiger partial charge in [-0.1, -0.05) is 115 Å². The molecule has 1 aromatic heterocycles. The highest BCUT2D eigenvalue weighted by Crippen LogP contribution is 2.43. The Balaban J connectivity index is 1.74. The number of nitrogens with one attached hydrogen (secondary N) is 1. The molecule has 0 spiro atoms. The summed E-state index contributed by atoms with van der Waals surface area (Å²) in [7, 11) is 0. The molecular weight excluding hydrogens is 374 g/mol. The van der Waals surface area contributed by atoms with E-state index in [9.17, 15) is 0 Å². The van der Waals surface area contributed by atoms with E-state index in [4.69, 9.17) is 0 Å². The zero-order valence-electron chi connectivity index (χ0n) is 17.0. The molecule has 1 nitrogen and oxygen atoms in total. The predicted octanol–water partition coefficient (Wildman–Crippen LogP) is 8.32. The van der Waals surface area contributed by atoms with Gasteiger partial charge in [0.15, 0.2) is 0 Å². The van der Waals surface area contributed by atoms with Crippen LogP contribution in [0.1, 0.15) is 0 Å². The topological polar surface area (TPSA) is 15.8 Å². The minimum absolute atomic E-state index is 1.17. The van der Waals surface area contributed by atoms with Crippen LogP contribution in [0.15, 0.2) is 121 Å². The third-order valence-corrected chi connectivity index (χ3v) is 6.04. The van der Waals surface area contributed by atoms with Crippen molar-refractivity contribution < 1.29 is 0 Å². The van der Waals surface area contributed by atoms with E-state index in [1.807, 2.05) is 0 Å². The number of hydrogen-bond donors (Lipinski definition) is 1. The van der Waals surface area contributed by atoms with Crippen molar-refractivity contribution in [1.29, 1.82) is 0 Å². The molecule has 146 valence electrons. The van der Waals surface area contributed by atoms with E-state index >= 15 is 0 Å². The maximum Gasteiger partial charge on any atom is 0.0544 e. The molecule has 0 amide bonds. The molecule has 31 heavy (non-hydrogen) atoms. The highest BCUT2D eigenvalue weighted by molar-refractivity contribution is 6.14. The van der Waals surface area contributed by atoms with E-state index < -0.39 is 0 Å². The number of para-hydroxylation sites is 2. The molecule has 1 heterocycles. The summed E-state index contributed by atoms with van der Waals surface area (Å²) in [6.45, 7) is 0. The normalized spacial score (nSPS) is 11.2. The molecule has 0 saturated carbocycles. The average molecular weight is 396 g/mol. The lowest BCUT2D eigenvalue weighted by Gasteiger charge is -2.17. The first-order valence-corrected chi connectivity index (χ1v) is 10.6. The molecule has 6 rings (SSSR count). The number of rotatable bonds is 3. The Kier molecular flexibility index (Phi) is 4.18. The van der Waals surface area contributed by atoms with E-state index in [0.29, 0.717) is 0 Å². The number of aromatic nitrogens is 1. The predicted molar refractivity (Wildman–Crippen MR) is 132 cm³/mol. The van der Waals surface area contributed by atoms with Crippen LogP contribution in [0.2, 0.25) is 0 Å². The fraction of sp³-hybridized carbons (Fsp3) is 0. The van der Waals surface area contributed by atoms with Crippen molar-refractivity contribution >= 4 is 21.8 Å². The van der Waals surface area contributed by atoms with Crippen molar-refractivity contribution in [3.8, 4) is 33.4 Å². The van der Waals surface area contributed by atoms with Gasteiger partial charge in [0.05, 0.1) is 5.52 Å². The van der Waals surface area contributed by atoms with Crippen LogP contribution in [0.4, 0.5) is 0 Å². The van der Waals surface area contributed by atoms with E-state index in [2.05, 4.69) is 126 Å². The molecule has 1 heteroatoms. The Morgan fingerprint density at radius 1 is 0.387 bits per heavy atom. The molecule has 0 bridgehead atoms. The minimum Gasteiger partial charge on any atom is -0.354 e. The minimum atomic E-state index is 1.17. The quantitative estimate of drug-likeness (QED) is 0.310. The summed E-state index contributed by atoms with van der Waals surface area (Å²) in [6.07, 6.45) is 0. The van der Waals surface area contributed by atoms with Gasteiger partial charge >= 0.3 is 0 Å². The second kappa shape index (κ2) is 7.30. The van der Waals surface area contributed by atoms with Gasteiger partial charge in [-0.3, -0.25) is 0 Å². The summed E-state index contributed by atoms with van der Waals surface area (Å²) in [5, 5.41) is 2.52. The lowest BCUT2D eigenvalue weighted by Crippen LogP contribution is -1.91. The largest absolute Gasteiger partial charge is 0.354 e. The van der Waals surface area contributed by atoms with Gasteiger partial charge in [0.1, 0.15) is 0 Å². The molecule has 1 N–H and O–H groups in total. The smallest absolute Gasteiger partial charge is 0.0544 e. The standard InChI is InChI=1S/C30H21N/c1-3-11-21(12-4-1)23-16-9-17-24(22-13-5-2-6-14-22)29(23)27-19-10-18-26-25-15-7-8-20-28(25)31-30(26)27/h1-20,31H.